The van der Waals surface area contributed by atoms with E-state index < -0.39 is 0 Å². The molecule has 2 aliphatic rings. The van der Waals surface area contributed by atoms with Crippen molar-refractivity contribution in [1.29, 1.82) is 0 Å². The molecule has 1 aliphatic carbocycles. The average Bonchev–Trinajstić information content (AvgIpc) is 3.34. The summed E-state index contributed by atoms with van der Waals surface area (Å²) in [5.41, 5.74) is 1.81. The summed E-state index contributed by atoms with van der Waals surface area (Å²) in [5, 5.41) is 3.87. The lowest BCUT2D eigenvalue weighted by Gasteiger charge is -2.35. The van der Waals surface area contributed by atoms with Crippen molar-refractivity contribution in [3.63, 3.8) is 0 Å². The SMILES string of the molecule is C[C@H]1C[C@H](C)CN(C(=O)Cn2c(SCC(=O)NC3CCCC3)nc3ccccc32)C1. The van der Waals surface area contributed by atoms with Gasteiger partial charge in [-0.1, -0.05) is 50.6 Å². The first kappa shape index (κ1) is 21.2. The van der Waals surface area contributed by atoms with Gasteiger partial charge in [-0.05, 0) is 43.2 Å². The molecular formula is C23H32N4O2S. The van der Waals surface area contributed by atoms with Crippen LogP contribution in [0.4, 0.5) is 0 Å². The number of imidazole rings is 1. The molecule has 1 aromatic heterocycles. The second-order valence-electron chi connectivity index (χ2n) is 9.05. The van der Waals surface area contributed by atoms with E-state index in [1.54, 1.807) is 0 Å². The molecule has 7 heteroatoms. The molecule has 2 amide bonds. The van der Waals surface area contributed by atoms with Crippen molar-refractivity contribution < 1.29 is 9.59 Å². The summed E-state index contributed by atoms with van der Waals surface area (Å²) in [7, 11) is 0. The van der Waals surface area contributed by atoms with Gasteiger partial charge in [0.25, 0.3) is 0 Å². The molecule has 162 valence electrons. The number of likely N-dealkylation sites (tertiary alicyclic amines) is 1. The number of carbonyl (C=O) groups excluding carboxylic acids is 2. The maximum Gasteiger partial charge on any atom is 0.242 e. The van der Waals surface area contributed by atoms with Gasteiger partial charge in [-0.25, -0.2) is 4.98 Å². The highest BCUT2D eigenvalue weighted by atomic mass is 32.2. The third kappa shape index (κ3) is 4.99. The van der Waals surface area contributed by atoms with Gasteiger partial charge in [0, 0.05) is 19.1 Å². The maximum absolute atomic E-state index is 13.1. The summed E-state index contributed by atoms with van der Waals surface area (Å²) in [6, 6.07) is 8.21. The first-order chi connectivity index (χ1) is 14.5. The Hall–Kier alpha value is -2.02. The Bertz CT molecular complexity index is 896. The molecule has 2 atom stereocenters. The smallest absolute Gasteiger partial charge is 0.242 e. The summed E-state index contributed by atoms with van der Waals surface area (Å²) in [4.78, 5) is 32.2. The molecule has 2 heterocycles. The molecule has 1 N–H and O–H groups in total. The van der Waals surface area contributed by atoms with Crippen molar-refractivity contribution in [2.75, 3.05) is 18.8 Å². The van der Waals surface area contributed by atoms with E-state index in [9.17, 15) is 9.59 Å². The van der Waals surface area contributed by atoms with Crippen LogP contribution in [0.2, 0.25) is 0 Å². The number of aromatic nitrogens is 2. The Labute approximate surface area is 182 Å². The van der Waals surface area contributed by atoms with Crippen LogP contribution < -0.4 is 5.32 Å². The van der Waals surface area contributed by atoms with E-state index in [2.05, 4.69) is 19.2 Å². The van der Waals surface area contributed by atoms with Crippen molar-refractivity contribution in [3.8, 4) is 0 Å². The van der Waals surface area contributed by atoms with Crippen LogP contribution in [-0.4, -0.2) is 51.1 Å². The van der Waals surface area contributed by atoms with Gasteiger partial charge in [0.15, 0.2) is 5.16 Å². The van der Waals surface area contributed by atoms with Crippen molar-refractivity contribution in [2.45, 2.75) is 63.7 Å². The van der Waals surface area contributed by atoms with Gasteiger partial charge in [0.05, 0.1) is 16.8 Å². The van der Waals surface area contributed by atoms with Crippen LogP contribution in [0.25, 0.3) is 11.0 Å². The molecule has 0 spiro atoms. The molecule has 2 aromatic rings. The molecule has 4 rings (SSSR count). The number of para-hydroxylation sites is 2. The monoisotopic (exact) mass is 428 g/mol. The number of piperidine rings is 1. The minimum absolute atomic E-state index is 0.0514. The fourth-order valence-electron chi connectivity index (χ4n) is 4.89. The zero-order chi connectivity index (χ0) is 21.1. The average molecular weight is 429 g/mol. The number of hydrogen-bond donors (Lipinski definition) is 1. The third-order valence-electron chi connectivity index (χ3n) is 6.19. The van der Waals surface area contributed by atoms with Gasteiger partial charge in [-0.2, -0.15) is 0 Å². The predicted octanol–water partition coefficient (Wildman–Crippen LogP) is 3.69. The number of thioether (sulfide) groups is 1. The zero-order valence-electron chi connectivity index (χ0n) is 18.0. The third-order valence-corrected chi connectivity index (χ3v) is 7.16. The number of hydrogen-bond acceptors (Lipinski definition) is 4. The van der Waals surface area contributed by atoms with E-state index in [-0.39, 0.29) is 18.4 Å². The van der Waals surface area contributed by atoms with Gasteiger partial charge in [0.2, 0.25) is 11.8 Å². The summed E-state index contributed by atoms with van der Waals surface area (Å²) in [6.45, 7) is 6.34. The minimum Gasteiger partial charge on any atom is -0.353 e. The summed E-state index contributed by atoms with van der Waals surface area (Å²) < 4.78 is 1.98. The van der Waals surface area contributed by atoms with E-state index in [1.165, 1.54) is 31.0 Å². The highest BCUT2D eigenvalue weighted by Crippen LogP contribution is 2.26. The Balaban J connectivity index is 1.47. The quantitative estimate of drug-likeness (QED) is 0.713. The molecule has 0 unspecified atom stereocenters. The molecular weight excluding hydrogens is 396 g/mol. The van der Waals surface area contributed by atoms with Crippen LogP contribution in [0.15, 0.2) is 29.4 Å². The Morgan fingerprint density at radius 1 is 1.13 bits per heavy atom. The van der Waals surface area contributed by atoms with Gasteiger partial charge < -0.3 is 14.8 Å². The topological polar surface area (TPSA) is 67.2 Å². The van der Waals surface area contributed by atoms with Gasteiger partial charge in [-0.3, -0.25) is 9.59 Å². The van der Waals surface area contributed by atoms with Gasteiger partial charge in [-0.15, -0.1) is 0 Å². The predicted molar refractivity (Wildman–Crippen MR) is 120 cm³/mol. The van der Waals surface area contributed by atoms with Crippen LogP contribution in [0, 0.1) is 11.8 Å². The number of nitrogens with zero attached hydrogens (tertiary/aromatic N) is 3. The molecule has 1 saturated heterocycles. The number of carbonyl (C=O) groups is 2. The normalized spacial score (nSPS) is 22.5. The molecule has 30 heavy (non-hydrogen) atoms. The molecule has 0 radical (unpaired) electrons. The fraction of sp³-hybridized carbons (Fsp3) is 0.609. The van der Waals surface area contributed by atoms with E-state index in [0.29, 0.717) is 23.6 Å². The lowest BCUT2D eigenvalue weighted by Crippen LogP contribution is -2.44. The zero-order valence-corrected chi connectivity index (χ0v) is 18.8. The number of nitrogens with one attached hydrogen (secondary N) is 1. The van der Waals surface area contributed by atoms with Crippen molar-refractivity contribution in [2.24, 2.45) is 11.8 Å². The molecule has 1 aliphatic heterocycles. The Morgan fingerprint density at radius 2 is 1.83 bits per heavy atom. The lowest BCUT2D eigenvalue weighted by molar-refractivity contribution is -0.134. The summed E-state index contributed by atoms with van der Waals surface area (Å²) in [5.74, 6) is 1.58. The standard InChI is InChI=1S/C23H32N4O2S/c1-16-11-17(2)13-26(12-16)22(29)14-27-20-10-6-5-9-19(20)25-23(27)30-15-21(28)24-18-7-3-4-8-18/h5-6,9-10,16-18H,3-4,7-8,11-15H2,1-2H3,(H,24,28)/t16-,17-/m0/s1. The summed E-state index contributed by atoms with van der Waals surface area (Å²) >= 11 is 1.42. The first-order valence-electron chi connectivity index (χ1n) is 11.1. The van der Waals surface area contributed by atoms with Crippen LogP contribution in [-0.2, 0) is 16.1 Å². The highest BCUT2D eigenvalue weighted by Gasteiger charge is 2.26. The van der Waals surface area contributed by atoms with E-state index in [4.69, 9.17) is 4.98 Å². The number of amides is 2. The molecule has 0 bridgehead atoms. The fourth-order valence-corrected chi connectivity index (χ4v) is 5.71. The summed E-state index contributed by atoms with van der Waals surface area (Å²) in [6.07, 6.45) is 5.73. The van der Waals surface area contributed by atoms with Crippen molar-refractivity contribution in [3.05, 3.63) is 24.3 Å². The van der Waals surface area contributed by atoms with Crippen LogP contribution in [0.3, 0.4) is 0 Å². The number of benzene rings is 1. The Kier molecular flexibility index (Phi) is 6.66. The van der Waals surface area contributed by atoms with Crippen LogP contribution in [0.1, 0.15) is 46.0 Å². The molecule has 2 fully saturated rings. The van der Waals surface area contributed by atoms with E-state index in [0.717, 1.165) is 42.1 Å². The molecule has 1 aromatic carbocycles. The van der Waals surface area contributed by atoms with Crippen LogP contribution >= 0.6 is 11.8 Å². The second kappa shape index (κ2) is 9.41. The van der Waals surface area contributed by atoms with E-state index >= 15 is 0 Å². The molecule has 6 nitrogen and oxygen atoms in total. The number of fused-ring (bicyclic) bond motifs is 1. The second-order valence-corrected chi connectivity index (χ2v) is 9.99. The minimum atomic E-state index is 0.0514. The first-order valence-corrected chi connectivity index (χ1v) is 12.1. The molecule has 1 saturated carbocycles. The van der Waals surface area contributed by atoms with Crippen molar-refractivity contribution in [1.82, 2.24) is 19.8 Å². The van der Waals surface area contributed by atoms with Crippen LogP contribution in [0.5, 0.6) is 0 Å². The number of rotatable bonds is 6. The van der Waals surface area contributed by atoms with Crippen molar-refractivity contribution >= 4 is 34.6 Å². The van der Waals surface area contributed by atoms with E-state index in [1.807, 2.05) is 33.7 Å². The maximum atomic E-state index is 13.1. The lowest BCUT2D eigenvalue weighted by atomic mass is 9.92. The van der Waals surface area contributed by atoms with Gasteiger partial charge in [0.1, 0.15) is 6.54 Å². The van der Waals surface area contributed by atoms with Gasteiger partial charge >= 0.3 is 0 Å². The largest absolute Gasteiger partial charge is 0.353 e. The highest BCUT2D eigenvalue weighted by molar-refractivity contribution is 7.99. The Morgan fingerprint density at radius 3 is 2.57 bits per heavy atom.